The molecule has 0 amide bonds. The van der Waals surface area contributed by atoms with Crippen LogP contribution < -0.4 is 0 Å². The second-order valence-corrected chi connectivity index (χ2v) is 6.81. The van der Waals surface area contributed by atoms with Crippen molar-refractivity contribution in [1.29, 1.82) is 0 Å². The van der Waals surface area contributed by atoms with Crippen molar-refractivity contribution in [1.82, 2.24) is 4.31 Å². The van der Waals surface area contributed by atoms with Gasteiger partial charge in [0.1, 0.15) is 0 Å². The minimum absolute atomic E-state index is 0.0593. The Labute approximate surface area is 121 Å². The lowest BCUT2D eigenvalue weighted by Crippen LogP contribution is -2.38. The highest BCUT2D eigenvalue weighted by Gasteiger charge is 2.32. The Bertz CT molecular complexity index is 636. The minimum atomic E-state index is -4.48. The maximum absolute atomic E-state index is 12.5. The number of alkyl halides is 3. The SMILES string of the molecule is C#CC1CCN(S(=O)(=O)c2ccc(C(F)(F)F)cc2)CC1. The summed E-state index contributed by atoms with van der Waals surface area (Å²) in [6, 6.07) is 3.54. The average Bonchev–Trinajstić information content (AvgIpc) is 2.46. The molecule has 1 aromatic carbocycles. The Hall–Kier alpha value is -1.52. The van der Waals surface area contributed by atoms with E-state index in [0.717, 1.165) is 24.3 Å². The van der Waals surface area contributed by atoms with Gasteiger partial charge in [-0.2, -0.15) is 17.5 Å². The third kappa shape index (κ3) is 3.39. The normalized spacial score (nSPS) is 18.4. The summed E-state index contributed by atoms with van der Waals surface area (Å²) in [5.41, 5.74) is -0.868. The van der Waals surface area contributed by atoms with Crippen molar-refractivity contribution in [2.45, 2.75) is 23.9 Å². The van der Waals surface area contributed by atoms with Gasteiger partial charge in [0.15, 0.2) is 0 Å². The fourth-order valence-corrected chi connectivity index (χ4v) is 3.70. The largest absolute Gasteiger partial charge is 0.416 e. The number of terminal acetylenes is 1. The van der Waals surface area contributed by atoms with Crippen molar-refractivity contribution in [3.63, 3.8) is 0 Å². The summed E-state index contributed by atoms with van der Waals surface area (Å²) in [6.07, 6.45) is 1.95. The van der Waals surface area contributed by atoms with E-state index in [4.69, 9.17) is 6.42 Å². The summed E-state index contributed by atoms with van der Waals surface area (Å²) < 4.78 is 63.4. The van der Waals surface area contributed by atoms with Crippen LogP contribution in [0.5, 0.6) is 0 Å². The van der Waals surface area contributed by atoms with Crippen molar-refractivity contribution in [3.8, 4) is 12.3 Å². The highest BCUT2D eigenvalue weighted by atomic mass is 32.2. The second kappa shape index (κ2) is 5.70. The van der Waals surface area contributed by atoms with E-state index in [-0.39, 0.29) is 23.9 Å². The van der Waals surface area contributed by atoms with E-state index in [1.165, 1.54) is 4.31 Å². The van der Waals surface area contributed by atoms with Gasteiger partial charge in [-0.3, -0.25) is 0 Å². The molecular formula is C14H14F3NO2S. The van der Waals surface area contributed by atoms with Crippen LogP contribution in [0.15, 0.2) is 29.2 Å². The van der Waals surface area contributed by atoms with Crippen LogP contribution in [0.1, 0.15) is 18.4 Å². The zero-order valence-corrected chi connectivity index (χ0v) is 11.9. The van der Waals surface area contributed by atoms with E-state index in [1.807, 2.05) is 0 Å². The van der Waals surface area contributed by atoms with Crippen LogP contribution in [-0.2, 0) is 16.2 Å². The molecule has 1 aliphatic rings. The van der Waals surface area contributed by atoms with Crippen molar-refractivity contribution in [2.75, 3.05) is 13.1 Å². The van der Waals surface area contributed by atoms with E-state index in [2.05, 4.69) is 5.92 Å². The highest BCUT2D eigenvalue weighted by Crippen LogP contribution is 2.30. The molecule has 0 aliphatic carbocycles. The van der Waals surface area contributed by atoms with Crippen molar-refractivity contribution >= 4 is 10.0 Å². The summed E-state index contributed by atoms with van der Waals surface area (Å²) in [4.78, 5) is -0.130. The fourth-order valence-electron chi connectivity index (χ4n) is 2.23. The molecule has 7 heteroatoms. The number of hydrogen-bond donors (Lipinski definition) is 0. The lowest BCUT2D eigenvalue weighted by atomic mass is 10.00. The van der Waals surface area contributed by atoms with Gasteiger partial charge in [-0.15, -0.1) is 12.3 Å². The van der Waals surface area contributed by atoms with Crippen molar-refractivity contribution in [2.24, 2.45) is 5.92 Å². The molecule has 0 bridgehead atoms. The average molecular weight is 317 g/mol. The van der Waals surface area contributed by atoms with Gasteiger partial charge in [0.05, 0.1) is 10.5 Å². The molecule has 1 fully saturated rings. The molecule has 0 atom stereocenters. The molecule has 21 heavy (non-hydrogen) atoms. The van der Waals surface area contributed by atoms with Gasteiger partial charge in [-0.1, -0.05) is 0 Å². The van der Waals surface area contributed by atoms with Crippen LogP contribution in [0.2, 0.25) is 0 Å². The number of hydrogen-bond acceptors (Lipinski definition) is 2. The molecule has 0 aromatic heterocycles. The van der Waals surface area contributed by atoms with Crippen LogP contribution >= 0.6 is 0 Å². The van der Waals surface area contributed by atoms with Crippen LogP contribution in [0, 0.1) is 18.3 Å². The van der Waals surface area contributed by atoms with Gasteiger partial charge < -0.3 is 0 Å². The Morgan fingerprint density at radius 3 is 2.10 bits per heavy atom. The summed E-state index contributed by atoms with van der Waals surface area (Å²) >= 11 is 0. The number of sulfonamides is 1. The number of piperidine rings is 1. The number of benzene rings is 1. The first-order chi connectivity index (χ1) is 9.75. The topological polar surface area (TPSA) is 37.4 Å². The Balaban J connectivity index is 2.19. The van der Waals surface area contributed by atoms with Gasteiger partial charge in [-0.05, 0) is 37.1 Å². The molecular weight excluding hydrogens is 303 g/mol. The molecule has 0 saturated carbocycles. The standard InChI is InChI=1S/C14H14F3NO2S/c1-2-11-7-9-18(10-8-11)21(19,20)13-5-3-12(4-6-13)14(15,16)17/h1,3-6,11H,7-10H2. The Morgan fingerprint density at radius 1 is 1.14 bits per heavy atom. The van der Waals surface area contributed by atoms with E-state index in [9.17, 15) is 21.6 Å². The van der Waals surface area contributed by atoms with Gasteiger partial charge in [0.2, 0.25) is 10.0 Å². The molecule has 1 aliphatic heterocycles. The lowest BCUT2D eigenvalue weighted by Gasteiger charge is -2.29. The van der Waals surface area contributed by atoms with Crippen LogP contribution in [0.4, 0.5) is 13.2 Å². The lowest BCUT2D eigenvalue weighted by molar-refractivity contribution is -0.137. The summed E-state index contributed by atoms with van der Waals surface area (Å²) in [6.45, 7) is 0.580. The van der Waals surface area contributed by atoms with Gasteiger partial charge in [-0.25, -0.2) is 8.42 Å². The maximum Gasteiger partial charge on any atom is 0.416 e. The van der Waals surface area contributed by atoms with E-state index >= 15 is 0 Å². The number of rotatable bonds is 2. The molecule has 0 N–H and O–H groups in total. The first kappa shape index (κ1) is 15.9. The van der Waals surface area contributed by atoms with Crippen molar-refractivity contribution in [3.05, 3.63) is 29.8 Å². The first-order valence-corrected chi connectivity index (χ1v) is 7.82. The van der Waals surface area contributed by atoms with Gasteiger partial charge in [0.25, 0.3) is 0 Å². The third-order valence-electron chi connectivity index (χ3n) is 3.51. The molecule has 2 rings (SSSR count). The molecule has 1 heterocycles. The monoisotopic (exact) mass is 317 g/mol. The zero-order chi connectivity index (χ0) is 15.7. The molecule has 114 valence electrons. The molecule has 1 saturated heterocycles. The summed E-state index contributed by atoms with van der Waals surface area (Å²) in [7, 11) is -3.76. The van der Waals surface area contributed by atoms with E-state index in [0.29, 0.717) is 12.8 Å². The second-order valence-electron chi connectivity index (χ2n) is 4.87. The van der Waals surface area contributed by atoms with Crippen LogP contribution in [0.25, 0.3) is 0 Å². The predicted octanol–water partition coefficient (Wildman–Crippen LogP) is 2.74. The van der Waals surface area contributed by atoms with Gasteiger partial charge >= 0.3 is 6.18 Å². The smallest absolute Gasteiger partial charge is 0.207 e. The predicted molar refractivity (Wildman–Crippen MR) is 71.8 cm³/mol. The molecule has 1 aromatic rings. The quantitative estimate of drug-likeness (QED) is 0.787. The summed E-state index contributed by atoms with van der Waals surface area (Å²) in [5.74, 6) is 2.65. The minimum Gasteiger partial charge on any atom is -0.207 e. The fraction of sp³-hybridized carbons (Fsp3) is 0.429. The Kier molecular flexibility index (Phi) is 4.30. The Morgan fingerprint density at radius 2 is 1.67 bits per heavy atom. The maximum atomic E-state index is 12.5. The molecule has 0 unspecified atom stereocenters. The van der Waals surface area contributed by atoms with Crippen molar-refractivity contribution < 1.29 is 21.6 Å². The van der Waals surface area contributed by atoms with Crippen LogP contribution in [0.3, 0.4) is 0 Å². The van der Waals surface area contributed by atoms with E-state index < -0.39 is 21.8 Å². The number of nitrogens with zero attached hydrogens (tertiary/aromatic N) is 1. The highest BCUT2D eigenvalue weighted by molar-refractivity contribution is 7.89. The molecule has 3 nitrogen and oxygen atoms in total. The molecule has 0 spiro atoms. The van der Waals surface area contributed by atoms with Gasteiger partial charge in [0, 0.05) is 19.0 Å². The number of halogens is 3. The third-order valence-corrected chi connectivity index (χ3v) is 5.42. The first-order valence-electron chi connectivity index (χ1n) is 6.38. The van der Waals surface area contributed by atoms with Crippen LogP contribution in [-0.4, -0.2) is 25.8 Å². The summed E-state index contributed by atoms with van der Waals surface area (Å²) in [5, 5.41) is 0. The molecule has 0 radical (unpaired) electrons. The zero-order valence-electron chi connectivity index (χ0n) is 11.1. The van der Waals surface area contributed by atoms with E-state index in [1.54, 1.807) is 0 Å².